The third kappa shape index (κ3) is 2.08. The Kier molecular flexibility index (Phi) is 2.93. The first-order valence-corrected chi connectivity index (χ1v) is 9.66. The molecule has 0 atom stereocenters. The Bertz CT molecular complexity index is 1320. The third-order valence-corrected chi connectivity index (χ3v) is 6.13. The number of fused-ring (bicyclic) bond motifs is 6. The van der Waals surface area contributed by atoms with Crippen LogP contribution in [0.25, 0.3) is 43.1 Å². The van der Waals surface area contributed by atoms with E-state index in [-0.39, 0.29) is 0 Å². The average Bonchev–Trinajstić information content (AvgIpc) is 2.69. The summed E-state index contributed by atoms with van der Waals surface area (Å²) in [5, 5.41) is 10.9. The van der Waals surface area contributed by atoms with Gasteiger partial charge in [-0.3, -0.25) is 0 Å². The van der Waals surface area contributed by atoms with Crippen LogP contribution in [-0.2, 0) is 12.8 Å². The normalized spacial score (nSPS) is 14.3. The fourth-order valence-electron chi connectivity index (χ4n) is 4.77. The Morgan fingerprint density at radius 3 is 1.77 bits per heavy atom. The Hall–Kier alpha value is -2.86. The number of benzene rings is 5. The minimum Gasteiger partial charge on any atom is -0.0616 e. The fraction of sp³-hybridized carbons (Fsp3) is 0.154. The number of aryl methyl sites for hydroxylation is 2. The van der Waals surface area contributed by atoms with Gasteiger partial charge in [-0.25, -0.2) is 0 Å². The Morgan fingerprint density at radius 1 is 0.462 bits per heavy atom. The summed E-state index contributed by atoms with van der Waals surface area (Å²) in [6.07, 6.45) is 5.14. The van der Waals surface area contributed by atoms with Gasteiger partial charge in [0, 0.05) is 0 Å². The molecule has 0 fully saturated rings. The molecule has 5 aromatic rings. The van der Waals surface area contributed by atoms with Crippen LogP contribution in [0.2, 0.25) is 0 Å². The highest BCUT2D eigenvalue weighted by atomic mass is 14.2. The first-order valence-electron chi connectivity index (χ1n) is 9.66. The summed E-state index contributed by atoms with van der Waals surface area (Å²) in [5.74, 6) is 0. The predicted molar refractivity (Wildman–Crippen MR) is 113 cm³/mol. The lowest BCUT2D eigenvalue weighted by atomic mass is 9.86. The number of rotatable bonds is 0. The minimum absolute atomic E-state index is 1.23. The Morgan fingerprint density at radius 2 is 1.04 bits per heavy atom. The van der Waals surface area contributed by atoms with E-state index in [1.165, 1.54) is 68.8 Å². The molecule has 0 bridgehead atoms. The lowest BCUT2D eigenvalue weighted by molar-refractivity contribution is 0.690. The monoisotopic (exact) mass is 332 g/mol. The van der Waals surface area contributed by atoms with Crippen molar-refractivity contribution >= 4 is 43.1 Å². The second-order valence-corrected chi connectivity index (χ2v) is 7.73. The van der Waals surface area contributed by atoms with E-state index in [1.807, 2.05) is 0 Å². The second kappa shape index (κ2) is 5.32. The molecule has 0 unspecified atom stereocenters. The summed E-state index contributed by atoms with van der Waals surface area (Å²) >= 11 is 0. The first-order chi connectivity index (χ1) is 12.8. The van der Waals surface area contributed by atoms with Gasteiger partial charge in [0.05, 0.1) is 0 Å². The molecule has 0 aliphatic heterocycles. The quantitative estimate of drug-likeness (QED) is 0.263. The van der Waals surface area contributed by atoms with Crippen LogP contribution in [0.4, 0.5) is 0 Å². The summed E-state index contributed by atoms with van der Waals surface area (Å²) in [5.41, 5.74) is 3.16. The maximum absolute atomic E-state index is 2.43. The molecule has 26 heavy (non-hydrogen) atoms. The zero-order valence-corrected chi connectivity index (χ0v) is 14.8. The van der Waals surface area contributed by atoms with Gasteiger partial charge in [0.2, 0.25) is 0 Å². The Balaban J connectivity index is 1.69. The lowest BCUT2D eigenvalue weighted by Crippen LogP contribution is -2.02. The third-order valence-electron chi connectivity index (χ3n) is 6.13. The van der Waals surface area contributed by atoms with E-state index in [4.69, 9.17) is 0 Å². The molecular weight excluding hydrogens is 312 g/mol. The Labute approximate surface area is 153 Å². The molecule has 0 heteroatoms. The summed E-state index contributed by atoms with van der Waals surface area (Å²) < 4.78 is 0. The molecule has 0 saturated heterocycles. The van der Waals surface area contributed by atoms with Crippen LogP contribution < -0.4 is 0 Å². The summed E-state index contributed by atoms with van der Waals surface area (Å²) in [7, 11) is 0. The van der Waals surface area contributed by atoms with Crippen molar-refractivity contribution in [1.29, 1.82) is 0 Å². The van der Waals surface area contributed by atoms with Crippen LogP contribution >= 0.6 is 0 Å². The molecule has 0 aromatic heterocycles. The van der Waals surface area contributed by atoms with E-state index in [2.05, 4.69) is 72.8 Å². The first kappa shape index (κ1) is 14.3. The van der Waals surface area contributed by atoms with Gasteiger partial charge in [-0.1, -0.05) is 36.4 Å². The van der Waals surface area contributed by atoms with Gasteiger partial charge >= 0.3 is 0 Å². The maximum Gasteiger partial charge on any atom is -0.0143 e. The smallest absolute Gasteiger partial charge is 0.0143 e. The van der Waals surface area contributed by atoms with E-state index in [0.29, 0.717) is 0 Å². The zero-order chi connectivity index (χ0) is 17.1. The van der Waals surface area contributed by atoms with Gasteiger partial charge in [0.15, 0.2) is 0 Å². The van der Waals surface area contributed by atoms with Crippen molar-refractivity contribution in [3.63, 3.8) is 0 Å². The molecule has 0 saturated carbocycles. The average molecular weight is 332 g/mol. The van der Waals surface area contributed by atoms with Crippen LogP contribution in [0.1, 0.15) is 24.0 Å². The lowest BCUT2D eigenvalue weighted by Gasteiger charge is -2.18. The maximum atomic E-state index is 2.43. The molecule has 124 valence electrons. The molecule has 5 aromatic carbocycles. The highest BCUT2D eigenvalue weighted by Crippen LogP contribution is 2.34. The fourth-order valence-corrected chi connectivity index (χ4v) is 4.77. The van der Waals surface area contributed by atoms with Crippen molar-refractivity contribution in [2.75, 3.05) is 0 Å². The number of hydrogen-bond acceptors (Lipinski definition) is 0. The van der Waals surface area contributed by atoms with Gasteiger partial charge in [0.25, 0.3) is 0 Å². The highest BCUT2D eigenvalue weighted by Gasteiger charge is 2.13. The summed E-state index contributed by atoms with van der Waals surface area (Å²) in [4.78, 5) is 0. The van der Waals surface area contributed by atoms with Gasteiger partial charge in [0.1, 0.15) is 0 Å². The molecule has 0 amide bonds. The van der Waals surface area contributed by atoms with Crippen molar-refractivity contribution in [3.05, 3.63) is 83.9 Å². The molecule has 6 rings (SSSR count). The molecule has 0 radical (unpaired) electrons. The molecule has 1 aliphatic rings. The van der Waals surface area contributed by atoms with Crippen LogP contribution in [0.3, 0.4) is 0 Å². The minimum atomic E-state index is 1.23. The zero-order valence-electron chi connectivity index (χ0n) is 14.8. The van der Waals surface area contributed by atoms with Crippen molar-refractivity contribution in [1.82, 2.24) is 0 Å². The van der Waals surface area contributed by atoms with Crippen molar-refractivity contribution in [3.8, 4) is 0 Å². The van der Waals surface area contributed by atoms with Crippen LogP contribution in [-0.4, -0.2) is 0 Å². The molecule has 1 aliphatic carbocycles. The van der Waals surface area contributed by atoms with E-state index < -0.39 is 0 Å². The molecule has 0 N–H and O–H groups in total. The van der Waals surface area contributed by atoms with Gasteiger partial charge in [-0.2, -0.15) is 0 Å². The van der Waals surface area contributed by atoms with Gasteiger partial charge in [-0.15, -0.1) is 0 Å². The van der Waals surface area contributed by atoms with Crippen LogP contribution in [0.15, 0.2) is 72.8 Å². The highest BCUT2D eigenvalue weighted by molar-refractivity contribution is 6.08. The van der Waals surface area contributed by atoms with E-state index in [9.17, 15) is 0 Å². The summed E-state index contributed by atoms with van der Waals surface area (Å²) in [6.45, 7) is 0. The molecular formula is C26H20. The van der Waals surface area contributed by atoms with Gasteiger partial charge < -0.3 is 0 Å². The largest absolute Gasteiger partial charge is 0.0616 e. The number of hydrogen-bond donors (Lipinski definition) is 0. The summed E-state index contributed by atoms with van der Waals surface area (Å²) in [6, 6.07) is 27.5. The van der Waals surface area contributed by atoms with Crippen molar-refractivity contribution < 1.29 is 0 Å². The van der Waals surface area contributed by atoms with E-state index >= 15 is 0 Å². The van der Waals surface area contributed by atoms with Gasteiger partial charge in [-0.05, 0) is 116 Å². The molecule has 0 heterocycles. The second-order valence-electron chi connectivity index (χ2n) is 7.73. The van der Waals surface area contributed by atoms with Crippen LogP contribution in [0, 0.1) is 0 Å². The SMILES string of the molecule is c1ccc2cc3cc4cc5c6c(ccc5cc4cc3cc2c1)CCCC6. The van der Waals surface area contributed by atoms with Crippen LogP contribution in [0.5, 0.6) is 0 Å². The van der Waals surface area contributed by atoms with E-state index in [0.717, 1.165) is 0 Å². The van der Waals surface area contributed by atoms with E-state index in [1.54, 1.807) is 11.1 Å². The standard InChI is InChI=1S/C26H20/c1-2-7-19-12-22-15-24-16-26-20(10-9-17-5-3-4-8-25(17)26)13-23(24)14-21(22)11-18(19)6-1/h1-2,6-7,9-16H,3-5,8H2. The molecule has 0 nitrogen and oxygen atoms in total. The molecule has 0 spiro atoms. The topological polar surface area (TPSA) is 0 Å². The predicted octanol–water partition coefficient (Wildman–Crippen LogP) is 7.18. The van der Waals surface area contributed by atoms with Crippen molar-refractivity contribution in [2.24, 2.45) is 0 Å². The van der Waals surface area contributed by atoms with Crippen molar-refractivity contribution in [2.45, 2.75) is 25.7 Å².